The molecular weight excluding hydrogens is 314 g/mol. The highest BCUT2D eigenvalue weighted by atomic mass is 79.9. The minimum absolute atomic E-state index is 0.648. The highest BCUT2D eigenvalue weighted by Crippen LogP contribution is 2.30. The van der Waals surface area contributed by atoms with E-state index in [1.54, 1.807) is 0 Å². The van der Waals surface area contributed by atoms with Crippen LogP contribution in [0.1, 0.15) is 25.3 Å². The Hall–Kier alpha value is -0.580. The Morgan fingerprint density at radius 2 is 2.05 bits per heavy atom. The first-order valence-corrected chi connectivity index (χ1v) is 8.38. The molecule has 0 aromatic heterocycles. The average Bonchev–Trinajstić information content (AvgIpc) is 2.47. The lowest BCUT2D eigenvalue weighted by Crippen LogP contribution is -2.43. The number of halogens is 1. The number of benzene rings is 1. The molecule has 1 aromatic carbocycles. The van der Waals surface area contributed by atoms with Crippen LogP contribution in [0, 0.1) is 0 Å². The van der Waals surface area contributed by atoms with Gasteiger partial charge in [-0.05, 0) is 66.0 Å². The number of likely N-dealkylation sites (tertiary alicyclic amines) is 1. The molecule has 1 fully saturated rings. The molecule has 1 saturated heterocycles. The van der Waals surface area contributed by atoms with Crippen LogP contribution in [0.2, 0.25) is 0 Å². The fourth-order valence-electron chi connectivity index (χ4n) is 2.98. The van der Waals surface area contributed by atoms with E-state index in [0.29, 0.717) is 12.6 Å². The van der Waals surface area contributed by atoms with Crippen molar-refractivity contribution in [3.05, 3.63) is 28.2 Å². The van der Waals surface area contributed by atoms with Gasteiger partial charge in [-0.2, -0.15) is 0 Å². The second-order valence-corrected chi connectivity index (χ2v) is 6.46. The molecule has 1 aliphatic rings. The quantitative estimate of drug-likeness (QED) is 0.895. The molecule has 2 N–H and O–H groups in total. The molecule has 112 valence electrons. The highest BCUT2D eigenvalue weighted by Gasteiger charge is 2.22. The van der Waals surface area contributed by atoms with Crippen LogP contribution in [0.3, 0.4) is 0 Å². The molecule has 1 heterocycles. The van der Waals surface area contributed by atoms with Crippen molar-refractivity contribution in [1.82, 2.24) is 4.90 Å². The van der Waals surface area contributed by atoms with Crippen LogP contribution in [-0.2, 0) is 6.42 Å². The third-order valence-electron chi connectivity index (χ3n) is 4.38. The molecule has 1 aliphatic heterocycles. The Labute approximate surface area is 131 Å². The maximum Gasteiger partial charge on any atom is 0.0510 e. The van der Waals surface area contributed by atoms with E-state index in [9.17, 15) is 0 Å². The summed E-state index contributed by atoms with van der Waals surface area (Å²) in [6, 6.07) is 7.28. The SMILES string of the molecule is CCN1CCC(N(C)c2ccc(CCN)cc2Br)CC1. The maximum absolute atomic E-state index is 5.62. The number of hydrogen-bond donors (Lipinski definition) is 1. The van der Waals surface area contributed by atoms with E-state index in [4.69, 9.17) is 5.73 Å². The summed E-state index contributed by atoms with van der Waals surface area (Å²) >= 11 is 3.72. The van der Waals surface area contributed by atoms with Crippen molar-refractivity contribution in [1.29, 1.82) is 0 Å². The number of anilines is 1. The summed E-state index contributed by atoms with van der Waals surface area (Å²) < 4.78 is 1.18. The molecule has 3 nitrogen and oxygen atoms in total. The summed E-state index contributed by atoms with van der Waals surface area (Å²) in [6.07, 6.45) is 3.44. The van der Waals surface area contributed by atoms with Crippen LogP contribution >= 0.6 is 15.9 Å². The average molecular weight is 340 g/mol. The number of rotatable bonds is 5. The molecular formula is C16H26BrN3. The number of piperidine rings is 1. The molecule has 20 heavy (non-hydrogen) atoms. The number of hydrogen-bond acceptors (Lipinski definition) is 3. The van der Waals surface area contributed by atoms with E-state index in [2.05, 4.69) is 57.9 Å². The van der Waals surface area contributed by atoms with Crippen molar-refractivity contribution in [3.63, 3.8) is 0 Å². The van der Waals surface area contributed by atoms with Crippen molar-refractivity contribution < 1.29 is 0 Å². The minimum Gasteiger partial charge on any atom is -0.371 e. The predicted molar refractivity (Wildman–Crippen MR) is 90.4 cm³/mol. The van der Waals surface area contributed by atoms with Gasteiger partial charge >= 0.3 is 0 Å². The second-order valence-electron chi connectivity index (χ2n) is 5.60. The van der Waals surface area contributed by atoms with Crippen LogP contribution in [0.25, 0.3) is 0 Å². The first kappa shape index (κ1) is 15.8. The number of nitrogens with two attached hydrogens (primary N) is 1. The lowest BCUT2D eigenvalue weighted by atomic mass is 10.0. The lowest BCUT2D eigenvalue weighted by Gasteiger charge is -2.37. The van der Waals surface area contributed by atoms with Gasteiger partial charge < -0.3 is 15.5 Å². The Morgan fingerprint density at radius 1 is 1.35 bits per heavy atom. The first-order valence-electron chi connectivity index (χ1n) is 7.59. The summed E-state index contributed by atoms with van der Waals surface area (Å²) in [5.74, 6) is 0. The van der Waals surface area contributed by atoms with E-state index >= 15 is 0 Å². The van der Waals surface area contributed by atoms with Crippen molar-refractivity contribution in [3.8, 4) is 0 Å². The fraction of sp³-hybridized carbons (Fsp3) is 0.625. The van der Waals surface area contributed by atoms with Crippen molar-refractivity contribution in [2.75, 3.05) is 38.1 Å². The summed E-state index contributed by atoms with van der Waals surface area (Å²) in [4.78, 5) is 4.97. The Morgan fingerprint density at radius 3 is 2.60 bits per heavy atom. The molecule has 0 aliphatic carbocycles. The van der Waals surface area contributed by atoms with E-state index in [0.717, 1.165) is 6.42 Å². The third kappa shape index (κ3) is 3.74. The molecule has 0 radical (unpaired) electrons. The van der Waals surface area contributed by atoms with Gasteiger partial charge in [0.05, 0.1) is 5.69 Å². The first-order chi connectivity index (χ1) is 9.65. The predicted octanol–water partition coefficient (Wildman–Crippen LogP) is 2.87. The fourth-order valence-corrected chi connectivity index (χ4v) is 3.68. The zero-order valence-corrected chi connectivity index (χ0v) is 14.2. The summed E-state index contributed by atoms with van der Waals surface area (Å²) in [7, 11) is 2.22. The van der Waals surface area contributed by atoms with Gasteiger partial charge in [-0.3, -0.25) is 0 Å². The van der Waals surface area contributed by atoms with Crippen molar-refractivity contribution in [2.24, 2.45) is 5.73 Å². The van der Waals surface area contributed by atoms with Crippen LogP contribution in [0.4, 0.5) is 5.69 Å². The second kappa shape index (κ2) is 7.43. The molecule has 0 atom stereocenters. The van der Waals surface area contributed by atoms with Crippen molar-refractivity contribution in [2.45, 2.75) is 32.2 Å². The molecule has 0 bridgehead atoms. The van der Waals surface area contributed by atoms with Gasteiger partial charge in [0.1, 0.15) is 0 Å². The Bertz CT molecular complexity index is 428. The molecule has 0 amide bonds. The smallest absolute Gasteiger partial charge is 0.0510 e. The molecule has 0 spiro atoms. The molecule has 4 heteroatoms. The largest absolute Gasteiger partial charge is 0.371 e. The highest BCUT2D eigenvalue weighted by molar-refractivity contribution is 9.10. The minimum atomic E-state index is 0.648. The Balaban J connectivity index is 2.03. The van der Waals surface area contributed by atoms with Crippen molar-refractivity contribution >= 4 is 21.6 Å². The summed E-state index contributed by atoms with van der Waals surface area (Å²) in [5.41, 5.74) is 8.22. The van der Waals surface area contributed by atoms with E-state index in [1.807, 2.05) is 0 Å². The van der Waals surface area contributed by atoms with Gasteiger partial charge in [0.2, 0.25) is 0 Å². The van der Waals surface area contributed by atoms with Gasteiger partial charge in [-0.15, -0.1) is 0 Å². The monoisotopic (exact) mass is 339 g/mol. The summed E-state index contributed by atoms with van der Waals surface area (Å²) in [6.45, 7) is 6.56. The van der Waals surface area contributed by atoms with Gasteiger partial charge in [0.25, 0.3) is 0 Å². The van der Waals surface area contributed by atoms with E-state index in [1.165, 1.54) is 48.2 Å². The lowest BCUT2D eigenvalue weighted by molar-refractivity contribution is 0.221. The normalized spacial score (nSPS) is 17.4. The number of nitrogens with zero attached hydrogens (tertiary/aromatic N) is 2. The van der Waals surface area contributed by atoms with Gasteiger partial charge in [-0.25, -0.2) is 0 Å². The molecule has 0 saturated carbocycles. The van der Waals surface area contributed by atoms with Crippen LogP contribution in [0.5, 0.6) is 0 Å². The molecule has 0 unspecified atom stereocenters. The summed E-state index contributed by atoms with van der Waals surface area (Å²) in [5, 5.41) is 0. The van der Waals surface area contributed by atoms with E-state index < -0.39 is 0 Å². The Kier molecular flexibility index (Phi) is 5.87. The van der Waals surface area contributed by atoms with E-state index in [-0.39, 0.29) is 0 Å². The maximum atomic E-state index is 5.62. The van der Waals surface area contributed by atoms with Crippen LogP contribution < -0.4 is 10.6 Å². The molecule has 2 rings (SSSR count). The zero-order valence-electron chi connectivity index (χ0n) is 12.6. The third-order valence-corrected chi connectivity index (χ3v) is 5.01. The topological polar surface area (TPSA) is 32.5 Å². The molecule has 1 aromatic rings. The zero-order chi connectivity index (χ0) is 14.5. The van der Waals surface area contributed by atoms with Crippen LogP contribution in [0.15, 0.2) is 22.7 Å². The van der Waals surface area contributed by atoms with Gasteiger partial charge in [0.15, 0.2) is 0 Å². The van der Waals surface area contributed by atoms with Crippen LogP contribution in [-0.4, -0.2) is 44.2 Å². The van der Waals surface area contributed by atoms with Gasteiger partial charge in [0, 0.05) is 30.7 Å². The van der Waals surface area contributed by atoms with Gasteiger partial charge in [-0.1, -0.05) is 13.0 Å². The standard InChI is InChI=1S/C16H26BrN3/c1-3-20-10-7-14(8-11-20)19(2)16-5-4-13(6-9-18)12-15(16)17/h4-5,12,14H,3,6-11,18H2,1-2H3.